The maximum Gasteiger partial charge on any atom is 0.236 e. The van der Waals surface area contributed by atoms with Crippen molar-refractivity contribution in [1.82, 2.24) is 9.62 Å². The lowest BCUT2D eigenvalue weighted by molar-refractivity contribution is 0.113. The quantitative estimate of drug-likeness (QED) is 0.229. The molecule has 1 aliphatic carbocycles. The molecule has 1 atom stereocenters. The first-order valence-corrected chi connectivity index (χ1v) is 12.7. The Bertz CT molecular complexity index is 1050. The van der Waals surface area contributed by atoms with Crippen LogP contribution in [0.5, 0.6) is 5.75 Å². The van der Waals surface area contributed by atoms with Gasteiger partial charge >= 0.3 is 0 Å². The molecular formula is C22H30ClN5O4S. The number of allylic oxidation sites excluding steroid dienone is 2. The van der Waals surface area contributed by atoms with Crippen LogP contribution >= 0.6 is 11.6 Å². The van der Waals surface area contributed by atoms with Crippen molar-refractivity contribution < 1.29 is 17.9 Å². The zero-order valence-electron chi connectivity index (χ0n) is 18.9. The van der Waals surface area contributed by atoms with Gasteiger partial charge in [0.05, 0.1) is 12.0 Å². The van der Waals surface area contributed by atoms with E-state index in [1.165, 1.54) is 7.11 Å². The Labute approximate surface area is 200 Å². The number of benzene rings is 1. The molecule has 0 amide bonds. The minimum atomic E-state index is -3.72. The summed E-state index contributed by atoms with van der Waals surface area (Å²) in [5, 5.41) is 2.32. The fraction of sp³-hybridized carbons (Fsp3) is 0.545. The SMILES string of the molecule is COc1ccccc1C1=CC=C(S(=O)(=O)NCCN2CCC(CN=[N+]=[N-])CC2)CC1(Cl)OC. The van der Waals surface area contributed by atoms with E-state index in [4.69, 9.17) is 26.6 Å². The van der Waals surface area contributed by atoms with E-state index < -0.39 is 15.1 Å². The smallest absolute Gasteiger partial charge is 0.236 e. The monoisotopic (exact) mass is 495 g/mol. The lowest BCUT2D eigenvalue weighted by atomic mass is 9.93. The molecule has 1 N–H and O–H groups in total. The van der Waals surface area contributed by atoms with Gasteiger partial charge in [-0.2, -0.15) is 0 Å². The highest BCUT2D eigenvalue weighted by molar-refractivity contribution is 7.93. The number of halogens is 1. The summed E-state index contributed by atoms with van der Waals surface area (Å²) in [6.07, 6.45) is 5.13. The van der Waals surface area contributed by atoms with Gasteiger partial charge in [0.15, 0.2) is 5.06 Å². The van der Waals surface area contributed by atoms with E-state index in [0.717, 1.165) is 31.5 Å². The van der Waals surface area contributed by atoms with Gasteiger partial charge in [0.1, 0.15) is 5.75 Å². The van der Waals surface area contributed by atoms with Crippen molar-refractivity contribution in [2.75, 3.05) is 46.9 Å². The number of nitrogens with one attached hydrogen (secondary N) is 1. The number of piperidine rings is 1. The van der Waals surface area contributed by atoms with Crippen LogP contribution in [-0.4, -0.2) is 65.3 Å². The molecule has 0 saturated carbocycles. The first kappa shape index (κ1) is 25.6. The molecule has 1 unspecified atom stereocenters. The van der Waals surface area contributed by atoms with Crippen molar-refractivity contribution in [3.63, 3.8) is 0 Å². The standard InChI is InChI=1S/C22H30ClN5O4S/c1-31-21-6-4-3-5-19(21)20-8-7-18(15-22(20,23)32-2)33(29,30)26-11-14-28-12-9-17(10-13-28)16-25-27-24/h3-8,17,26H,9-16H2,1-2H3. The number of ether oxygens (including phenoxy) is 2. The molecule has 1 heterocycles. The van der Waals surface area contributed by atoms with Gasteiger partial charge in [-0.1, -0.05) is 41.0 Å². The van der Waals surface area contributed by atoms with Crippen LogP contribution in [0, 0.1) is 5.92 Å². The van der Waals surface area contributed by atoms with Gasteiger partial charge in [-0.05, 0) is 49.5 Å². The third-order valence-electron chi connectivity index (χ3n) is 6.14. The molecule has 1 aromatic carbocycles. The lowest BCUT2D eigenvalue weighted by Gasteiger charge is -2.33. The summed E-state index contributed by atoms with van der Waals surface area (Å²) in [5.41, 5.74) is 9.84. The van der Waals surface area contributed by atoms with Gasteiger partial charge in [0.2, 0.25) is 10.0 Å². The molecule has 3 rings (SSSR count). The van der Waals surface area contributed by atoms with Crippen LogP contribution < -0.4 is 9.46 Å². The van der Waals surface area contributed by atoms with Crippen LogP contribution in [0.3, 0.4) is 0 Å². The number of alkyl halides is 1. The van der Waals surface area contributed by atoms with Gasteiger partial charge in [-0.25, -0.2) is 13.1 Å². The zero-order chi connectivity index (χ0) is 23.9. The Morgan fingerprint density at radius 3 is 2.67 bits per heavy atom. The molecular weight excluding hydrogens is 466 g/mol. The third-order valence-corrected chi connectivity index (χ3v) is 8.18. The lowest BCUT2D eigenvalue weighted by Crippen LogP contribution is -2.41. The summed E-state index contributed by atoms with van der Waals surface area (Å²) in [6.45, 7) is 3.14. The van der Waals surface area contributed by atoms with Crippen LogP contribution in [0.15, 0.2) is 46.4 Å². The second-order valence-corrected chi connectivity index (χ2v) is 10.5. The van der Waals surface area contributed by atoms with Gasteiger partial charge in [-0.15, -0.1) is 0 Å². The molecule has 0 radical (unpaired) electrons. The Balaban J connectivity index is 1.64. The van der Waals surface area contributed by atoms with E-state index in [1.54, 1.807) is 19.3 Å². The minimum absolute atomic E-state index is 0.00489. The van der Waals surface area contributed by atoms with E-state index in [-0.39, 0.29) is 11.3 Å². The first-order valence-electron chi connectivity index (χ1n) is 10.8. The summed E-state index contributed by atoms with van der Waals surface area (Å²) < 4.78 is 39.6. The molecule has 1 aliphatic heterocycles. The van der Waals surface area contributed by atoms with Crippen molar-refractivity contribution >= 4 is 27.2 Å². The second kappa shape index (κ2) is 11.4. The number of methoxy groups -OCH3 is 2. The van der Waals surface area contributed by atoms with Crippen LogP contribution in [0.25, 0.3) is 16.0 Å². The van der Waals surface area contributed by atoms with Crippen LogP contribution in [0.4, 0.5) is 0 Å². The van der Waals surface area contributed by atoms with Crippen LogP contribution in [-0.2, 0) is 14.8 Å². The molecule has 0 spiro atoms. The van der Waals surface area contributed by atoms with E-state index in [1.807, 2.05) is 24.3 Å². The Hall–Kier alpha value is -2.07. The third kappa shape index (κ3) is 6.29. The highest BCUT2D eigenvalue weighted by atomic mass is 35.5. The number of para-hydroxylation sites is 1. The Kier molecular flexibility index (Phi) is 8.81. The highest BCUT2D eigenvalue weighted by Gasteiger charge is 2.40. The number of sulfonamides is 1. The predicted molar refractivity (Wildman–Crippen MR) is 129 cm³/mol. The summed E-state index contributed by atoms with van der Waals surface area (Å²) in [5.74, 6) is 1.03. The summed E-state index contributed by atoms with van der Waals surface area (Å²) in [7, 11) is -0.685. The molecule has 180 valence electrons. The average Bonchev–Trinajstić information content (AvgIpc) is 2.83. The number of hydrogen-bond acceptors (Lipinski definition) is 6. The van der Waals surface area contributed by atoms with Crippen molar-refractivity contribution in [3.05, 3.63) is 57.3 Å². The molecule has 1 aromatic rings. The van der Waals surface area contributed by atoms with E-state index in [0.29, 0.717) is 36.9 Å². The fourth-order valence-corrected chi connectivity index (χ4v) is 5.75. The molecule has 11 heteroatoms. The Morgan fingerprint density at radius 2 is 2.00 bits per heavy atom. The predicted octanol–water partition coefficient (Wildman–Crippen LogP) is 3.89. The van der Waals surface area contributed by atoms with Crippen molar-refractivity contribution in [3.8, 4) is 5.75 Å². The number of likely N-dealkylation sites (tertiary alicyclic amines) is 1. The van der Waals surface area contributed by atoms with Crippen LogP contribution in [0.1, 0.15) is 24.8 Å². The molecule has 0 aromatic heterocycles. The maximum atomic E-state index is 13.0. The number of nitrogens with zero attached hydrogens (tertiary/aromatic N) is 4. The molecule has 1 fully saturated rings. The van der Waals surface area contributed by atoms with Crippen molar-refractivity contribution in [1.29, 1.82) is 0 Å². The van der Waals surface area contributed by atoms with Crippen molar-refractivity contribution in [2.24, 2.45) is 11.0 Å². The summed E-state index contributed by atoms with van der Waals surface area (Å²) in [4.78, 5) is 5.20. The largest absolute Gasteiger partial charge is 0.496 e. The van der Waals surface area contributed by atoms with E-state index >= 15 is 0 Å². The van der Waals surface area contributed by atoms with E-state index in [2.05, 4.69) is 19.6 Å². The van der Waals surface area contributed by atoms with E-state index in [9.17, 15) is 8.42 Å². The number of azide groups is 1. The topological polar surface area (TPSA) is 117 Å². The van der Waals surface area contributed by atoms with Gasteiger partial charge in [0, 0.05) is 49.2 Å². The van der Waals surface area contributed by atoms with Crippen LogP contribution in [0.2, 0.25) is 0 Å². The van der Waals surface area contributed by atoms with Gasteiger partial charge < -0.3 is 14.4 Å². The molecule has 0 bridgehead atoms. The second-order valence-electron chi connectivity index (χ2n) is 8.12. The van der Waals surface area contributed by atoms with Gasteiger partial charge in [-0.3, -0.25) is 0 Å². The summed E-state index contributed by atoms with van der Waals surface area (Å²) in [6, 6.07) is 7.40. The summed E-state index contributed by atoms with van der Waals surface area (Å²) >= 11 is 6.78. The Morgan fingerprint density at radius 1 is 1.27 bits per heavy atom. The molecule has 33 heavy (non-hydrogen) atoms. The number of hydrogen-bond donors (Lipinski definition) is 1. The maximum absolute atomic E-state index is 13.0. The minimum Gasteiger partial charge on any atom is -0.496 e. The first-order chi connectivity index (χ1) is 15.8. The van der Waals surface area contributed by atoms with Crippen molar-refractivity contribution in [2.45, 2.75) is 24.3 Å². The average molecular weight is 496 g/mol. The molecule has 9 nitrogen and oxygen atoms in total. The normalized spacial score (nSPS) is 22.3. The van der Waals surface area contributed by atoms with Gasteiger partial charge in [0.25, 0.3) is 0 Å². The zero-order valence-corrected chi connectivity index (χ0v) is 20.5. The number of rotatable bonds is 10. The highest BCUT2D eigenvalue weighted by Crippen LogP contribution is 2.45. The molecule has 1 saturated heterocycles. The fourth-order valence-electron chi connectivity index (χ4n) is 4.18. The molecule has 2 aliphatic rings.